The Morgan fingerprint density at radius 3 is 3.00 bits per heavy atom. The number of rotatable bonds is 5. The van der Waals surface area contributed by atoms with Gasteiger partial charge >= 0.3 is 6.09 Å². The molecule has 1 amide bonds. The number of nitrogens with one attached hydrogen (secondary N) is 1. The molecule has 0 saturated carbocycles. The van der Waals surface area contributed by atoms with E-state index in [4.69, 9.17) is 19.0 Å². The van der Waals surface area contributed by atoms with Crippen molar-refractivity contribution in [2.75, 3.05) is 33.9 Å². The van der Waals surface area contributed by atoms with Crippen LogP contribution in [0, 0.1) is 0 Å². The van der Waals surface area contributed by atoms with Crippen molar-refractivity contribution in [3.63, 3.8) is 0 Å². The number of hydrogen-bond donors (Lipinski definition) is 1. The van der Waals surface area contributed by atoms with Gasteiger partial charge in [-0.25, -0.2) is 4.79 Å². The smallest absolute Gasteiger partial charge is 0.435 e. The summed E-state index contributed by atoms with van der Waals surface area (Å²) in [5, 5.41) is 4.40. The Hall–Kier alpha value is -1.61. The maximum absolute atomic E-state index is 12.6. The summed E-state index contributed by atoms with van der Waals surface area (Å²) >= 11 is 3.50. The molecule has 2 aliphatic rings. The van der Waals surface area contributed by atoms with Gasteiger partial charge < -0.3 is 14.2 Å². The predicted octanol–water partition coefficient (Wildman–Crippen LogP) is 3.34. The summed E-state index contributed by atoms with van der Waals surface area (Å²) in [6.45, 7) is 5.38. The molecule has 1 aromatic carbocycles. The summed E-state index contributed by atoms with van der Waals surface area (Å²) in [4.78, 5) is 17.6. The van der Waals surface area contributed by atoms with E-state index >= 15 is 0 Å². The van der Waals surface area contributed by atoms with E-state index in [1.54, 1.807) is 6.08 Å². The van der Waals surface area contributed by atoms with E-state index in [2.05, 4.69) is 27.8 Å². The molecule has 1 aromatic rings. The first kappa shape index (κ1) is 20.1. The van der Waals surface area contributed by atoms with Crippen molar-refractivity contribution < 1.29 is 23.8 Å². The van der Waals surface area contributed by atoms with Gasteiger partial charge in [-0.15, -0.1) is 6.58 Å². The molecule has 1 saturated heterocycles. The minimum Gasteiger partial charge on any atom is -0.484 e. The average molecular weight is 441 g/mol. The van der Waals surface area contributed by atoms with E-state index < -0.39 is 17.4 Å². The van der Waals surface area contributed by atoms with Gasteiger partial charge in [-0.3, -0.25) is 10.2 Å². The van der Waals surface area contributed by atoms with Gasteiger partial charge in [-0.05, 0) is 31.0 Å². The van der Waals surface area contributed by atoms with Gasteiger partial charge in [0.05, 0.1) is 19.3 Å². The molecule has 2 atom stereocenters. The van der Waals surface area contributed by atoms with Crippen LogP contribution in [0.1, 0.15) is 24.8 Å². The van der Waals surface area contributed by atoms with Crippen molar-refractivity contribution in [3.05, 3.63) is 40.9 Å². The zero-order valence-electron chi connectivity index (χ0n) is 15.6. The molecule has 1 N–H and O–H groups in total. The Labute approximate surface area is 167 Å². The van der Waals surface area contributed by atoms with Crippen LogP contribution in [0.25, 0.3) is 0 Å². The molecule has 2 heterocycles. The molecule has 0 radical (unpaired) electrons. The number of amides is 1. The molecule has 1 fully saturated rings. The molecule has 1 spiro atoms. The van der Waals surface area contributed by atoms with Crippen LogP contribution in [0.2, 0.25) is 0 Å². The summed E-state index contributed by atoms with van der Waals surface area (Å²) in [6, 6.07) is 5.69. The van der Waals surface area contributed by atoms with Crippen LogP contribution < -0.4 is 10.1 Å². The quantitative estimate of drug-likeness (QED) is 0.430. The molecule has 8 heteroatoms. The van der Waals surface area contributed by atoms with Crippen molar-refractivity contribution in [3.8, 4) is 5.75 Å². The number of ether oxygens (including phenoxy) is 3. The summed E-state index contributed by atoms with van der Waals surface area (Å²) < 4.78 is 18.9. The molecule has 0 bridgehead atoms. The summed E-state index contributed by atoms with van der Waals surface area (Å²) in [5.74, 6) is 0.666. The summed E-state index contributed by atoms with van der Waals surface area (Å²) in [7, 11) is 2.92. The van der Waals surface area contributed by atoms with E-state index in [1.807, 2.05) is 18.2 Å². The number of halogens is 1. The van der Waals surface area contributed by atoms with Gasteiger partial charge in [-0.1, -0.05) is 22.0 Å². The number of benzene rings is 1. The highest BCUT2D eigenvalue weighted by Crippen LogP contribution is 2.48. The van der Waals surface area contributed by atoms with E-state index in [9.17, 15) is 4.79 Å². The third-order valence-corrected chi connectivity index (χ3v) is 5.38. The molecule has 7 nitrogen and oxygen atoms in total. The van der Waals surface area contributed by atoms with Crippen molar-refractivity contribution >= 4 is 22.0 Å². The molecule has 3 rings (SSSR count). The molecule has 0 aliphatic carbocycles. The van der Waals surface area contributed by atoms with Crippen LogP contribution in [-0.2, 0) is 20.0 Å². The molecule has 0 aromatic heterocycles. The topological polar surface area (TPSA) is 69.3 Å². The zero-order valence-corrected chi connectivity index (χ0v) is 17.2. The standard InChI is InChI=1S/C19H25BrN2O5/c1-4-9-21-19(27-17(23)22(2)24-3)12-18(8-5-10-25-13-18)26-16-7-6-14(20)11-15(16)19/h4,6-7,11,21H,1,5,8-10,12-13H2,2-3H3. The van der Waals surface area contributed by atoms with Crippen LogP contribution in [0.3, 0.4) is 0 Å². The van der Waals surface area contributed by atoms with Crippen LogP contribution >= 0.6 is 15.9 Å². The second kappa shape index (κ2) is 8.18. The summed E-state index contributed by atoms with van der Waals surface area (Å²) in [6.07, 6.45) is 3.24. The Bertz CT molecular complexity index is 707. The molecular formula is C19H25BrN2O5. The van der Waals surface area contributed by atoms with Crippen molar-refractivity contribution in [1.82, 2.24) is 10.4 Å². The molecule has 2 aliphatic heterocycles. The maximum atomic E-state index is 12.6. The highest BCUT2D eigenvalue weighted by Gasteiger charge is 2.53. The minimum absolute atomic E-state index is 0.417. The van der Waals surface area contributed by atoms with Crippen molar-refractivity contribution in [1.29, 1.82) is 0 Å². The van der Waals surface area contributed by atoms with E-state index in [0.29, 0.717) is 31.9 Å². The fourth-order valence-corrected chi connectivity index (χ4v) is 3.94. The van der Waals surface area contributed by atoms with Crippen LogP contribution in [0.15, 0.2) is 35.3 Å². The Morgan fingerprint density at radius 1 is 1.52 bits per heavy atom. The lowest BCUT2D eigenvalue weighted by atomic mass is 9.81. The van der Waals surface area contributed by atoms with E-state index in [0.717, 1.165) is 27.9 Å². The second-order valence-corrected chi connectivity index (χ2v) is 7.72. The fourth-order valence-electron chi connectivity index (χ4n) is 3.58. The SMILES string of the molecule is C=CCNC1(OC(=O)N(C)OC)CC2(CCCOC2)Oc2ccc(Br)cc21. The number of carbonyl (C=O) groups excluding carboxylic acids is 1. The van der Waals surface area contributed by atoms with Gasteiger partial charge in [0.1, 0.15) is 11.4 Å². The zero-order chi connectivity index (χ0) is 19.5. The molecular weight excluding hydrogens is 416 g/mol. The number of hydroxylamine groups is 2. The largest absolute Gasteiger partial charge is 0.484 e. The third kappa shape index (κ3) is 4.13. The Morgan fingerprint density at radius 2 is 2.33 bits per heavy atom. The first-order valence-corrected chi connectivity index (χ1v) is 9.66. The lowest BCUT2D eigenvalue weighted by Gasteiger charge is -2.49. The van der Waals surface area contributed by atoms with Gasteiger partial charge in [0.2, 0.25) is 0 Å². The van der Waals surface area contributed by atoms with Crippen molar-refractivity contribution in [2.45, 2.75) is 30.6 Å². The summed E-state index contributed by atoms with van der Waals surface area (Å²) in [5.41, 5.74) is -0.928. The highest BCUT2D eigenvalue weighted by molar-refractivity contribution is 9.10. The van der Waals surface area contributed by atoms with Gasteiger partial charge in [0, 0.05) is 31.1 Å². The lowest BCUT2D eigenvalue weighted by Crippen LogP contribution is -2.60. The van der Waals surface area contributed by atoms with Crippen LogP contribution in [0.5, 0.6) is 5.75 Å². The highest BCUT2D eigenvalue weighted by atomic mass is 79.9. The van der Waals surface area contributed by atoms with Gasteiger partial charge in [0.25, 0.3) is 0 Å². The molecule has 148 valence electrons. The van der Waals surface area contributed by atoms with Gasteiger partial charge in [-0.2, -0.15) is 5.06 Å². The second-order valence-electron chi connectivity index (χ2n) is 6.80. The van der Waals surface area contributed by atoms with Crippen LogP contribution in [-0.4, -0.2) is 50.7 Å². The fraction of sp³-hybridized carbons (Fsp3) is 0.526. The lowest BCUT2D eigenvalue weighted by molar-refractivity contribution is -0.168. The number of fused-ring (bicyclic) bond motifs is 1. The van der Waals surface area contributed by atoms with Gasteiger partial charge in [0.15, 0.2) is 5.72 Å². The first-order chi connectivity index (χ1) is 12.9. The first-order valence-electron chi connectivity index (χ1n) is 8.87. The van der Waals surface area contributed by atoms with E-state index in [-0.39, 0.29) is 0 Å². The normalized spacial score (nSPS) is 26.8. The third-order valence-electron chi connectivity index (χ3n) is 4.88. The average Bonchev–Trinajstić information content (AvgIpc) is 2.67. The molecule has 27 heavy (non-hydrogen) atoms. The van der Waals surface area contributed by atoms with E-state index in [1.165, 1.54) is 14.2 Å². The Balaban J connectivity index is 2.07. The number of nitrogens with zero attached hydrogens (tertiary/aromatic N) is 1. The minimum atomic E-state index is -1.10. The number of hydrogen-bond acceptors (Lipinski definition) is 6. The Kier molecular flexibility index (Phi) is 6.10. The maximum Gasteiger partial charge on any atom is 0.435 e. The van der Waals surface area contributed by atoms with Crippen molar-refractivity contribution in [2.24, 2.45) is 0 Å². The predicted molar refractivity (Wildman–Crippen MR) is 103 cm³/mol. The molecule has 2 unspecified atom stereocenters. The number of carbonyl (C=O) groups is 1. The van der Waals surface area contributed by atoms with Crippen LogP contribution in [0.4, 0.5) is 4.79 Å². The monoisotopic (exact) mass is 440 g/mol.